The summed E-state index contributed by atoms with van der Waals surface area (Å²) in [4.78, 5) is 27.0. The highest BCUT2D eigenvalue weighted by Gasteiger charge is 2.12. The van der Waals surface area contributed by atoms with Gasteiger partial charge in [0.05, 0.1) is 0 Å². The Bertz CT molecular complexity index is 679. The number of ether oxygens (including phenoxy) is 1. The zero-order valence-electron chi connectivity index (χ0n) is 10.7. The average Bonchev–Trinajstić information content (AvgIpc) is 2.45. The quantitative estimate of drug-likeness (QED) is 0.882. The first-order valence-corrected chi connectivity index (χ1v) is 6.26. The Morgan fingerprint density at radius 2 is 2.10 bits per heavy atom. The van der Waals surface area contributed by atoms with Crippen molar-refractivity contribution in [1.82, 2.24) is 4.98 Å². The highest BCUT2D eigenvalue weighted by atomic mass is 35.5. The third kappa shape index (κ3) is 4.54. The minimum Gasteiger partial charge on any atom is -0.451 e. The third-order valence-electron chi connectivity index (χ3n) is 2.37. The van der Waals surface area contributed by atoms with Crippen LogP contribution in [0.3, 0.4) is 0 Å². The van der Waals surface area contributed by atoms with Crippen molar-refractivity contribution in [2.75, 3.05) is 11.9 Å². The number of esters is 1. The number of anilines is 1. The second-order valence-corrected chi connectivity index (χ2v) is 4.43. The average molecular weight is 309 g/mol. The van der Waals surface area contributed by atoms with Crippen LogP contribution in [-0.4, -0.2) is 23.5 Å². The van der Waals surface area contributed by atoms with Gasteiger partial charge in [0.15, 0.2) is 6.61 Å². The van der Waals surface area contributed by atoms with Crippen molar-refractivity contribution in [3.63, 3.8) is 0 Å². The van der Waals surface area contributed by atoms with Crippen LogP contribution in [0.5, 0.6) is 0 Å². The van der Waals surface area contributed by atoms with Crippen molar-refractivity contribution in [3.8, 4) is 0 Å². The van der Waals surface area contributed by atoms with Gasteiger partial charge >= 0.3 is 5.97 Å². The summed E-state index contributed by atoms with van der Waals surface area (Å²) in [5.74, 6) is -1.84. The van der Waals surface area contributed by atoms with Crippen LogP contribution in [-0.2, 0) is 9.53 Å². The molecule has 1 N–H and O–H groups in total. The molecule has 5 nitrogen and oxygen atoms in total. The molecule has 0 aliphatic rings. The molecule has 0 spiro atoms. The summed E-state index contributed by atoms with van der Waals surface area (Å²) in [6.07, 6.45) is 1.35. The summed E-state index contributed by atoms with van der Waals surface area (Å²) in [5, 5.41) is 2.73. The summed E-state index contributed by atoms with van der Waals surface area (Å²) in [6.45, 7) is -0.510. The fourth-order valence-corrected chi connectivity index (χ4v) is 1.64. The molecular weight excluding hydrogens is 299 g/mol. The Morgan fingerprint density at radius 3 is 2.81 bits per heavy atom. The molecule has 108 valence electrons. The fourth-order valence-electron chi connectivity index (χ4n) is 1.48. The third-order valence-corrected chi connectivity index (χ3v) is 2.61. The molecule has 21 heavy (non-hydrogen) atoms. The molecule has 7 heteroatoms. The molecular formula is C14H10ClFN2O3. The Balaban J connectivity index is 1.88. The molecule has 0 saturated carbocycles. The molecule has 0 aliphatic carbocycles. The highest BCUT2D eigenvalue weighted by molar-refractivity contribution is 6.30. The number of halogens is 2. The highest BCUT2D eigenvalue weighted by Crippen LogP contribution is 2.10. The molecule has 0 bridgehead atoms. The van der Waals surface area contributed by atoms with E-state index in [0.717, 1.165) is 6.07 Å². The van der Waals surface area contributed by atoms with Crippen molar-refractivity contribution in [2.45, 2.75) is 0 Å². The Kier molecular flexibility index (Phi) is 4.84. The lowest BCUT2D eigenvalue weighted by atomic mass is 10.3. The van der Waals surface area contributed by atoms with E-state index in [1.165, 1.54) is 36.5 Å². The SMILES string of the molecule is O=C(COC(=O)c1cc(Cl)ccn1)Nc1cccc(F)c1. The van der Waals surface area contributed by atoms with E-state index >= 15 is 0 Å². The predicted octanol–water partition coefficient (Wildman–Crippen LogP) is 2.67. The topological polar surface area (TPSA) is 68.3 Å². The van der Waals surface area contributed by atoms with E-state index in [2.05, 4.69) is 10.3 Å². The molecule has 1 amide bonds. The largest absolute Gasteiger partial charge is 0.451 e. The molecule has 2 rings (SSSR count). The van der Waals surface area contributed by atoms with E-state index in [1.807, 2.05) is 0 Å². The Morgan fingerprint density at radius 1 is 1.29 bits per heavy atom. The van der Waals surface area contributed by atoms with Crippen molar-refractivity contribution >= 4 is 29.2 Å². The van der Waals surface area contributed by atoms with Crippen molar-refractivity contribution in [2.24, 2.45) is 0 Å². The van der Waals surface area contributed by atoms with Gasteiger partial charge in [-0.1, -0.05) is 17.7 Å². The molecule has 1 aromatic carbocycles. The first-order valence-electron chi connectivity index (χ1n) is 5.89. The standard InChI is InChI=1S/C14H10ClFN2O3/c15-9-4-5-17-12(6-9)14(20)21-8-13(19)18-11-3-1-2-10(16)7-11/h1-7H,8H2,(H,18,19). The van der Waals surface area contributed by atoms with Gasteiger partial charge in [0.25, 0.3) is 5.91 Å². The Labute approximate surface area is 124 Å². The van der Waals surface area contributed by atoms with E-state index < -0.39 is 24.3 Å². The molecule has 2 aromatic rings. The summed E-state index contributed by atoms with van der Waals surface area (Å²) in [6, 6.07) is 8.20. The lowest BCUT2D eigenvalue weighted by molar-refractivity contribution is -0.119. The van der Waals surface area contributed by atoms with Gasteiger partial charge in [0, 0.05) is 16.9 Å². The molecule has 0 radical (unpaired) electrons. The van der Waals surface area contributed by atoms with Gasteiger partial charge in [0.2, 0.25) is 0 Å². The van der Waals surface area contributed by atoms with Crippen LogP contribution in [0.2, 0.25) is 5.02 Å². The van der Waals surface area contributed by atoms with E-state index in [4.69, 9.17) is 16.3 Å². The van der Waals surface area contributed by atoms with Crippen LogP contribution in [0.25, 0.3) is 0 Å². The molecule has 1 heterocycles. The summed E-state index contributed by atoms with van der Waals surface area (Å²) in [5.41, 5.74) is 0.276. The van der Waals surface area contributed by atoms with Gasteiger partial charge in [-0.2, -0.15) is 0 Å². The van der Waals surface area contributed by atoms with Gasteiger partial charge in [-0.15, -0.1) is 0 Å². The zero-order valence-corrected chi connectivity index (χ0v) is 11.4. The number of pyridine rings is 1. The van der Waals surface area contributed by atoms with Crippen molar-refractivity contribution in [1.29, 1.82) is 0 Å². The first kappa shape index (κ1) is 14.9. The number of nitrogens with one attached hydrogen (secondary N) is 1. The first-order chi connectivity index (χ1) is 10.0. The van der Waals surface area contributed by atoms with Gasteiger partial charge in [-0.3, -0.25) is 4.79 Å². The number of carbonyl (C=O) groups excluding carboxylic acids is 2. The molecule has 1 aromatic heterocycles. The van der Waals surface area contributed by atoms with Crippen LogP contribution >= 0.6 is 11.6 Å². The number of hydrogen-bond acceptors (Lipinski definition) is 4. The number of benzene rings is 1. The molecule has 0 unspecified atom stereocenters. The van der Waals surface area contributed by atoms with Gasteiger partial charge in [-0.05, 0) is 30.3 Å². The van der Waals surface area contributed by atoms with Gasteiger partial charge in [-0.25, -0.2) is 14.2 Å². The Hall–Kier alpha value is -2.47. The molecule has 0 saturated heterocycles. The van der Waals surface area contributed by atoms with Gasteiger partial charge < -0.3 is 10.1 Å². The number of nitrogens with zero attached hydrogens (tertiary/aromatic N) is 1. The minimum atomic E-state index is -0.771. The van der Waals surface area contributed by atoms with E-state index in [1.54, 1.807) is 0 Å². The molecule has 0 aliphatic heterocycles. The molecule has 0 atom stereocenters. The lowest BCUT2D eigenvalue weighted by Gasteiger charge is -2.06. The van der Waals surface area contributed by atoms with Crippen LogP contribution < -0.4 is 5.32 Å². The lowest BCUT2D eigenvalue weighted by Crippen LogP contribution is -2.21. The number of hydrogen-bond donors (Lipinski definition) is 1. The van der Waals surface area contributed by atoms with Crippen LogP contribution in [0.15, 0.2) is 42.6 Å². The van der Waals surface area contributed by atoms with Crippen molar-refractivity contribution < 1.29 is 18.7 Å². The number of amides is 1. The molecule has 0 fully saturated rings. The maximum atomic E-state index is 12.9. The van der Waals surface area contributed by atoms with Gasteiger partial charge in [0.1, 0.15) is 11.5 Å². The second kappa shape index (κ2) is 6.81. The monoisotopic (exact) mass is 308 g/mol. The number of aromatic nitrogens is 1. The predicted molar refractivity (Wildman–Crippen MR) is 74.6 cm³/mol. The fraction of sp³-hybridized carbons (Fsp3) is 0.0714. The minimum absolute atomic E-state index is 0.000977. The van der Waals surface area contributed by atoms with E-state index in [0.29, 0.717) is 5.02 Å². The van der Waals surface area contributed by atoms with Crippen LogP contribution in [0, 0.1) is 5.82 Å². The smallest absolute Gasteiger partial charge is 0.357 e. The normalized spacial score (nSPS) is 10.0. The summed E-state index contributed by atoms with van der Waals surface area (Å²) >= 11 is 5.71. The zero-order chi connectivity index (χ0) is 15.2. The maximum Gasteiger partial charge on any atom is 0.357 e. The summed E-state index contributed by atoms with van der Waals surface area (Å²) < 4.78 is 17.7. The van der Waals surface area contributed by atoms with Crippen LogP contribution in [0.1, 0.15) is 10.5 Å². The van der Waals surface area contributed by atoms with Crippen LogP contribution in [0.4, 0.5) is 10.1 Å². The van der Waals surface area contributed by atoms with E-state index in [9.17, 15) is 14.0 Å². The number of rotatable bonds is 4. The number of carbonyl (C=O) groups is 2. The second-order valence-electron chi connectivity index (χ2n) is 3.99. The van der Waals surface area contributed by atoms with E-state index in [-0.39, 0.29) is 11.4 Å². The maximum absolute atomic E-state index is 12.9. The van der Waals surface area contributed by atoms with Crippen molar-refractivity contribution in [3.05, 3.63) is 59.1 Å². The summed E-state index contributed by atoms with van der Waals surface area (Å²) in [7, 11) is 0.